The summed E-state index contributed by atoms with van der Waals surface area (Å²) >= 11 is 5.57. The number of hydrogen-bond donors (Lipinski definition) is 0. The van der Waals surface area contributed by atoms with Crippen LogP contribution in [-0.4, -0.2) is 18.0 Å². The predicted octanol–water partition coefficient (Wildman–Crippen LogP) is 3.26. The van der Waals surface area contributed by atoms with Crippen molar-refractivity contribution in [1.82, 2.24) is 4.98 Å². The van der Waals surface area contributed by atoms with Crippen LogP contribution in [0.15, 0.2) is 42.5 Å². The number of rotatable bonds is 4. The van der Waals surface area contributed by atoms with Crippen LogP contribution < -0.4 is 9.47 Å². The van der Waals surface area contributed by atoms with Crippen molar-refractivity contribution < 1.29 is 9.47 Å². The van der Waals surface area contributed by atoms with E-state index in [1.54, 1.807) is 13.2 Å². The molecule has 0 atom stereocenters. The molecule has 0 aliphatic heterocycles. The average Bonchev–Trinajstić information content (AvgIpc) is 2.52. The van der Waals surface area contributed by atoms with Crippen LogP contribution in [0.5, 0.6) is 11.6 Å². The maximum atomic E-state index is 5.76. The van der Waals surface area contributed by atoms with Crippen LogP contribution in [0.1, 0.15) is 11.3 Å². The standard InChI is InChI=1S/C16H14ClNO2/c1-19-16-10-4-8-14(18-16)12-20-15-9-3-2-6-13(15)7-5-11-17/h2-4,6,8-10H,11-12H2,1H3. The third-order valence-electron chi connectivity index (χ3n) is 2.54. The summed E-state index contributed by atoms with van der Waals surface area (Å²) in [5.74, 6) is 7.38. The SMILES string of the molecule is COc1cccc(COc2ccccc2C#CCCl)n1. The summed E-state index contributed by atoms with van der Waals surface area (Å²) in [7, 11) is 1.59. The molecule has 3 nitrogen and oxygen atoms in total. The Hall–Kier alpha value is -2.18. The Balaban J connectivity index is 2.10. The minimum Gasteiger partial charge on any atom is -0.486 e. The highest BCUT2D eigenvalue weighted by molar-refractivity contribution is 6.19. The number of methoxy groups -OCH3 is 1. The number of alkyl halides is 1. The van der Waals surface area contributed by atoms with Gasteiger partial charge in [0.1, 0.15) is 12.4 Å². The first-order chi connectivity index (χ1) is 9.83. The smallest absolute Gasteiger partial charge is 0.213 e. The number of benzene rings is 1. The molecule has 0 aliphatic carbocycles. The summed E-state index contributed by atoms with van der Waals surface area (Å²) in [5.41, 5.74) is 1.61. The molecule has 0 saturated heterocycles. The van der Waals surface area contributed by atoms with Gasteiger partial charge in [0.2, 0.25) is 5.88 Å². The monoisotopic (exact) mass is 287 g/mol. The molecule has 4 heteroatoms. The van der Waals surface area contributed by atoms with Crippen molar-refractivity contribution in [2.24, 2.45) is 0 Å². The van der Waals surface area contributed by atoms with E-state index < -0.39 is 0 Å². The van der Waals surface area contributed by atoms with Gasteiger partial charge in [0, 0.05) is 6.07 Å². The van der Waals surface area contributed by atoms with E-state index in [2.05, 4.69) is 16.8 Å². The second-order valence-electron chi connectivity index (χ2n) is 3.89. The van der Waals surface area contributed by atoms with Crippen LogP contribution in [0.4, 0.5) is 0 Å². The van der Waals surface area contributed by atoms with E-state index in [9.17, 15) is 0 Å². The Kier molecular flexibility index (Phi) is 5.28. The average molecular weight is 288 g/mol. The Labute approximate surface area is 123 Å². The number of aromatic nitrogens is 1. The van der Waals surface area contributed by atoms with Crippen molar-refractivity contribution in [3.8, 4) is 23.5 Å². The number of halogens is 1. The van der Waals surface area contributed by atoms with E-state index in [4.69, 9.17) is 21.1 Å². The molecule has 0 unspecified atom stereocenters. The van der Waals surface area contributed by atoms with E-state index in [-0.39, 0.29) is 0 Å². The molecule has 1 aromatic heterocycles. The van der Waals surface area contributed by atoms with Gasteiger partial charge in [0.15, 0.2) is 0 Å². The molecule has 0 bridgehead atoms. The van der Waals surface area contributed by atoms with Crippen molar-refractivity contribution in [2.45, 2.75) is 6.61 Å². The predicted molar refractivity (Wildman–Crippen MR) is 79.2 cm³/mol. The van der Waals surface area contributed by atoms with Gasteiger partial charge >= 0.3 is 0 Å². The number of hydrogen-bond acceptors (Lipinski definition) is 3. The van der Waals surface area contributed by atoms with Gasteiger partial charge in [-0.05, 0) is 18.2 Å². The molecule has 0 spiro atoms. The van der Waals surface area contributed by atoms with E-state index in [1.807, 2.05) is 36.4 Å². The zero-order valence-electron chi connectivity index (χ0n) is 11.1. The Morgan fingerprint density at radius 1 is 1.15 bits per heavy atom. The van der Waals surface area contributed by atoms with E-state index in [0.29, 0.717) is 18.4 Å². The molecule has 20 heavy (non-hydrogen) atoms. The van der Waals surface area contributed by atoms with Gasteiger partial charge in [-0.15, -0.1) is 11.6 Å². The summed E-state index contributed by atoms with van der Waals surface area (Å²) in [6.07, 6.45) is 0. The molecular weight excluding hydrogens is 274 g/mol. The number of pyridine rings is 1. The number of ether oxygens (including phenoxy) is 2. The molecular formula is C16H14ClNO2. The summed E-state index contributed by atoms with van der Waals surface area (Å²) < 4.78 is 10.8. The first-order valence-corrected chi connectivity index (χ1v) is 6.63. The van der Waals surface area contributed by atoms with Crippen LogP contribution in [0.2, 0.25) is 0 Å². The molecule has 0 radical (unpaired) electrons. The van der Waals surface area contributed by atoms with E-state index in [0.717, 1.165) is 17.0 Å². The van der Waals surface area contributed by atoms with Crippen molar-refractivity contribution in [3.05, 3.63) is 53.7 Å². The number of para-hydroxylation sites is 1. The topological polar surface area (TPSA) is 31.4 Å². The van der Waals surface area contributed by atoms with Crippen molar-refractivity contribution in [3.63, 3.8) is 0 Å². The van der Waals surface area contributed by atoms with Crippen molar-refractivity contribution in [2.75, 3.05) is 13.0 Å². The van der Waals surface area contributed by atoms with Crippen LogP contribution >= 0.6 is 11.6 Å². The van der Waals surface area contributed by atoms with Gasteiger partial charge < -0.3 is 9.47 Å². The van der Waals surface area contributed by atoms with Gasteiger partial charge in [-0.1, -0.05) is 30.0 Å². The second kappa shape index (κ2) is 7.42. The van der Waals surface area contributed by atoms with Crippen molar-refractivity contribution >= 4 is 11.6 Å². The molecule has 2 rings (SSSR count). The lowest BCUT2D eigenvalue weighted by molar-refractivity contribution is 0.297. The molecule has 0 N–H and O–H groups in total. The third kappa shape index (κ3) is 3.91. The van der Waals surface area contributed by atoms with Crippen LogP contribution in [0.25, 0.3) is 0 Å². The second-order valence-corrected chi connectivity index (χ2v) is 4.16. The van der Waals surface area contributed by atoms with Gasteiger partial charge in [0.05, 0.1) is 24.2 Å². The largest absolute Gasteiger partial charge is 0.486 e. The molecule has 0 saturated carbocycles. The fourth-order valence-electron chi connectivity index (χ4n) is 1.63. The van der Waals surface area contributed by atoms with Gasteiger partial charge in [-0.2, -0.15) is 0 Å². The molecule has 1 aromatic carbocycles. The lowest BCUT2D eigenvalue weighted by Gasteiger charge is -2.08. The van der Waals surface area contributed by atoms with Crippen LogP contribution in [0.3, 0.4) is 0 Å². The van der Waals surface area contributed by atoms with Crippen LogP contribution in [-0.2, 0) is 6.61 Å². The lowest BCUT2D eigenvalue weighted by Crippen LogP contribution is -2.00. The molecule has 1 heterocycles. The Morgan fingerprint density at radius 3 is 2.80 bits per heavy atom. The molecule has 0 amide bonds. The summed E-state index contributed by atoms with van der Waals surface area (Å²) in [5, 5.41) is 0. The minimum atomic E-state index is 0.297. The fraction of sp³-hybridized carbons (Fsp3) is 0.188. The lowest BCUT2D eigenvalue weighted by atomic mass is 10.2. The van der Waals surface area contributed by atoms with Gasteiger partial charge in [-0.25, -0.2) is 4.98 Å². The zero-order chi connectivity index (χ0) is 14.2. The first kappa shape index (κ1) is 14.2. The molecule has 2 aromatic rings. The van der Waals surface area contributed by atoms with E-state index in [1.165, 1.54) is 0 Å². The van der Waals surface area contributed by atoms with Crippen molar-refractivity contribution in [1.29, 1.82) is 0 Å². The molecule has 0 aliphatic rings. The first-order valence-electron chi connectivity index (χ1n) is 6.10. The normalized spacial score (nSPS) is 9.50. The van der Waals surface area contributed by atoms with Crippen LogP contribution in [0, 0.1) is 11.8 Å². The Morgan fingerprint density at radius 2 is 2.00 bits per heavy atom. The van der Waals surface area contributed by atoms with Gasteiger partial charge in [0.25, 0.3) is 0 Å². The third-order valence-corrected chi connectivity index (χ3v) is 2.68. The summed E-state index contributed by atoms with van der Waals surface area (Å²) in [6.45, 7) is 0.358. The van der Waals surface area contributed by atoms with E-state index >= 15 is 0 Å². The molecule has 102 valence electrons. The zero-order valence-corrected chi connectivity index (χ0v) is 11.9. The summed E-state index contributed by atoms with van der Waals surface area (Å²) in [4.78, 5) is 4.29. The quantitative estimate of drug-likeness (QED) is 0.639. The van der Waals surface area contributed by atoms with Gasteiger partial charge in [-0.3, -0.25) is 0 Å². The molecule has 0 fully saturated rings. The minimum absolute atomic E-state index is 0.297. The summed E-state index contributed by atoms with van der Waals surface area (Å²) in [6, 6.07) is 13.1. The highest BCUT2D eigenvalue weighted by Crippen LogP contribution is 2.18. The highest BCUT2D eigenvalue weighted by Gasteiger charge is 2.02. The maximum Gasteiger partial charge on any atom is 0.213 e. The maximum absolute atomic E-state index is 5.76. The Bertz CT molecular complexity index is 632. The fourth-order valence-corrected chi connectivity index (χ4v) is 1.69. The highest BCUT2D eigenvalue weighted by atomic mass is 35.5. The number of nitrogens with zero attached hydrogens (tertiary/aromatic N) is 1.